The summed E-state index contributed by atoms with van der Waals surface area (Å²) in [5.41, 5.74) is 1.42. The first-order valence-corrected chi connectivity index (χ1v) is 8.75. The van der Waals surface area contributed by atoms with E-state index in [1.54, 1.807) is 41.8 Å². The minimum absolute atomic E-state index is 0.0117. The maximum atomic E-state index is 11.9. The zero-order chi connectivity index (χ0) is 14.9. The maximum Gasteiger partial charge on any atom is 0.365 e. The van der Waals surface area contributed by atoms with E-state index in [1.165, 1.54) is 0 Å². The molecule has 0 unspecified atom stereocenters. The standard InChI is InChI=1S/C14H11NO4S2/c16-13(10-4-2-1-3-5-10)19-15-12-7-9-21(17,18)14-11(12)6-8-20-14/h1-6,8H,7,9H2/b15-12-. The van der Waals surface area contributed by atoms with Crippen molar-refractivity contribution in [2.75, 3.05) is 5.75 Å². The van der Waals surface area contributed by atoms with Gasteiger partial charge >= 0.3 is 5.97 Å². The number of benzene rings is 1. The first-order chi connectivity index (χ1) is 10.1. The summed E-state index contributed by atoms with van der Waals surface area (Å²) < 4.78 is 24.1. The van der Waals surface area contributed by atoms with E-state index in [2.05, 4.69) is 5.16 Å². The van der Waals surface area contributed by atoms with Crippen LogP contribution in [0.15, 0.2) is 51.1 Å². The Morgan fingerprint density at radius 3 is 2.71 bits per heavy atom. The van der Waals surface area contributed by atoms with Crippen molar-refractivity contribution in [3.05, 3.63) is 52.9 Å². The van der Waals surface area contributed by atoms with Gasteiger partial charge in [0.05, 0.1) is 17.0 Å². The zero-order valence-corrected chi connectivity index (χ0v) is 12.5. The highest BCUT2D eigenvalue weighted by Crippen LogP contribution is 2.30. The third-order valence-corrected chi connectivity index (χ3v) is 6.36. The Morgan fingerprint density at radius 2 is 1.95 bits per heavy atom. The number of carbonyl (C=O) groups excluding carboxylic acids is 1. The minimum Gasteiger partial charge on any atom is -0.313 e. The van der Waals surface area contributed by atoms with E-state index in [1.807, 2.05) is 0 Å². The molecule has 21 heavy (non-hydrogen) atoms. The van der Waals surface area contributed by atoms with Crippen LogP contribution in [0.1, 0.15) is 22.3 Å². The Hall–Kier alpha value is -1.99. The number of hydrogen-bond donors (Lipinski definition) is 0. The third kappa shape index (κ3) is 2.74. The van der Waals surface area contributed by atoms with Crippen molar-refractivity contribution < 1.29 is 18.0 Å². The average molecular weight is 321 g/mol. The molecule has 2 heterocycles. The summed E-state index contributed by atoms with van der Waals surface area (Å²) in [5, 5.41) is 5.54. The molecule has 0 bridgehead atoms. The van der Waals surface area contributed by atoms with Crippen LogP contribution >= 0.6 is 11.3 Å². The molecule has 0 atom stereocenters. The van der Waals surface area contributed by atoms with E-state index in [4.69, 9.17) is 4.84 Å². The summed E-state index contributed by atoms with van der Waals surface area (Å²) in [4.78, 5) is 16.7. The first kappa shape index (κ1) is 14.0. The number of fused-ring (bicyclic) bond motifs is 1. The molecule has 0 fully saturated rings. The van der Waals surface area contributed by atoms with Crippen molar-refractivity contribution in [2.24, 2.45) is 5.16 Å². The Balaban J connectivity index is 1.84. The van der Waals surface area contributed by atoms with E-state index < -0.39 is 15.8 Å². The smallest absolute Gasteiger partial charge is 0.313 e. The van der Waals surface area contributed by atoms with E-state index >= 15 is 0 Å². The summed E-state index contributed by atoms with van der Waals surface area (Å²) in [6.45, 7) is 0. The Morgan fingerprint density at radius 1 is 1.19 bits per heavy atom. The summed E-state index contributed by atoms with van der Waals surface area (Å²) in [6, 6.07) is 10.2. The van der Waals surface area contributed by atoms with Crippen LogP contribution in [0.2, 0.25) is 0 Å². The maximum absolute atomic E-state index is 11.9. The molecule has 0 N–H and O–H groups in total. The third-order valence-electron chi connectivity index (χ3n) is 3.08. The van der Waals surface area contributed by atoms with Gasteiger partial charge < -0.3 is 4.84 Å². The normalized spacial score (nSPS) is 18.2. The lowest BCUT2D eigenvalue weighted by Crippen LogP contribution is -2.20. The van der Waals surface area contributed by atoms with Crippen LogP contribution in [-0.2, 0) is 14.7 Å². The van der Waals surface area contributed by atoms with Gasteiger partial charge in [-0.3, -0.25) is 0 Å². The molecule has 0 aliphatic carbocycles. The monoisotopic (exact) mass is 321 g/mol. The second-order valence-corrected chi connectivity index (χ2v) is 7.69. The van der Waals surface area contributed by atoms with Crippen molar-refractivity contribution in [3.8, 4) is 0 Å². The van der Waals surface area contributed by atoms with Crippen molar-refractivity contribution in [1.29, 1.82) is 0 Å². The van der Waals surface area contributed by atoms with Gasteiger partial charge in [0.25, 0.3) is 0 Å². The summed E-state index contributed by atoms with van der Waals surface area (Å²) >= 11 is 1.16. The van der Waals surface area contributed by atoms with Gasteiger partial charge in [-0.25, -0.2) is 13.2 Å². The Kier molecular flexibility index (Phi) is 3.60. The molecule has 7 heteroatoms. The second-order valence-electron chi connectivity index (χ2n) is 4.47. The van der Waals surface area contributed by atoms with Crippen LogP contribution in [0.3, 0.4) is 0 Å². The molecule has 1 aromatic carbocycles. The largest absolute Gasteiger partial charge is 0.365 e. The molecule has 108 valence electrons. The highest BCUT2D eigenvalue weighted by atomic mass is 32.2. The molecule has 5 nitrogen and oxygen atoms in total. The molecule has 1 aromatic heterocycles. The predicted octanol–water partition coefficient (Wildman–Crippen LogP) is 2.49. The van der Waals surface area contributed by atoms with Gasteiger partial charge in [-0.05, 0) is 23.6 Å². The van der Waals surface area contributed by atoms with Crippen LogP contribution in [0, 0.1) is 0 Å². The van der Waals surface area contributed by atoms with Gasteiger partial charge in [0.15, 0.2) is 9.84 Å². The van der Waals surface area contributed by atoms with Crippen molar-refractivity contribution in [3.63, 3.8) is 0 Å². The summed E-state index contributed by atoms with van der Waals surface area (Å²) in [7, 11) is -3.23. The van der Waals surface area contributed by atoms with Gasteiger partial charge in [-0.1, -0.05) is 23.4 Å². The number of carbonyl (C=O) groups is 1. The molecular formula is C14H11NO4S2. The zero-order valence-electron chi connectivity index (χ0n) is 10.9. The number of rotatable bonds is 2. The lowest BCUT2D eigenvalue weighted by atomic mass is 10.1. The summed E-state index contributed by atoms with van der Waals surface area (Å²) in [6.07, 6.45) is 0.244. The van der Waals surface area contributed by atoms with Gasteiger partial charge in [-0.2, -0.15) is 0 Å². The molecule has 1 aliphatic heterocycles. The van der Waals surface area contributed by atoms with Gasteiger partial charge in [0.1, 0.15) is 4.21 Å². The lowest BCUT2D eigenvalue weighted by Gasteiger charge is -2.13. The number of sulfone groups is 1. The highest BCUT2D eigenvalue weighted by molar-refractivity contribution is 7.93. The number of thiophene rings is 1. The molecule has 0 radical (unpaired) electrons. The fourth-order valence-corrected chi connectivity index (χ4v) is 4.84. The molecule has 0 saturated carbocycles. The molecule has 0 saturated heterocycles. The van der Waals surface area contributed by atoms with Gasteiger partial charge in [0.2, 0.25) is 0 Å². The highest BCUT2D eigenvalue weighted by Gasteiger charge is 2.29. The quantitative estimate of drug-likeness (QED) is 0.629. The molecule has 0 amide bonds. The minimum atomic E-state index is -3.23. The molecule has 0 spiro atoms. The number of oxime groups is 1. The second kappa shape index (κ2) is 5.42. The summed E-state index contributed by atoms with van der Waals surface area (Å²) in [5.74, 6) is -0.573. The van der Waals surface area contributed by atoms with E-state index in [0.29, 0.717) is 21.0 Å². The first-order valence-electron chi connectivity index (χ1n) is 6.22. The SMILES string of the molecule is O=C(O/N=C1/CCS(=O)(=O)c2sccc21)c1ccccc1. The van der Waals surface area contributed by atoms with Crippen molar-refractivity contribution in [2.45, 2.75) is 10.6 Å². The molecular weight excluding hydrogens is 310 g/mol. The Bertz CT molecular complexity index is 807. The van der Waals surface area contributed by atoms with Crippen LogP contribution in [-0.4, -0.2) is 25.9 Å². The fourth-order valence-electron chi connectivity index (χ4n) is 2.03. The van der Waals surface area contributed by atoms with E-state index in [9.17, 15) is 13.2 Å². The van der Waals surface area contributed by atoms with Crippen LogP contribution in [0.25, 0.3) is 0 Å². The lowest BCUT2D eigenvalue weighted by molar-refractivity contribution is 0.0516. The van der Waals surface area contributed by atoms with Crippen LogP contribution < -0.4 is 0 Å². The van der Waals surface area contributed by atoms with E-state index in [0.717, 1.165) is 11.3 Å². The van der Waals surface area contributed by atoms with Crippen molar-refractivity contribution in [1.82, 2.24) is 0 Å². The number of hydrogen-bond acceptors (Lipinski definition) is 6. The van der Waals surface area contributed by atoms with E-state index in [-0.39, 0.29) is 12.2 Å². The van der Waals surface area contributed by atoms with Crippen molar-refractivity contribution >= 4 is 32.9 Å². The number of nitrogens with zero attached hydrogens (tertiary/aromatic N) is 1. The predicted molar refractivity (Wildman–Crippen MR) is 79.4 cm³/mol. The van der Waals surface area contributed by atoms with Crippen LogP contribution in [0.5, 0.6) is 0 Å². The van der Waals surface area contributed by atoms with Gasteiger partial charge in [-0.15, -0.1) is 11.3 Å². The van der Waals surface area contributed by atoms with Gasteiger partial charge in [0, 0.05) is 12.0 Å². The average Bonchev–Trinajstić information content (AvgIpc) is 2.98. The fraction of sp³-hybridized carbons (Fsp3) is 0.143. The topological polar surface area (TPSA) is 72.8 Å². The van der Waals surface area contributed by atoms with Crippen LogP contribution in [0.4, 0.5) is 0 Å². The molecule has 1 aliphatic rings. The Labute approximate surface area is 125 Å². The molecule has 2 aromatic rings. The molecule has 3 rings (SSSR count).